The van der Waals surface area contributed by atoms with Gasteiger partial charge in [0.05, 0.1) is 6.21 Å². The van der Waals surface area contributed by atoms with Gasteiger partial charge < -0.3 is 19.3 Å². The molecule has 0 saturated heterocycles. The van der Waals surface area contributed by atoms with Crippen LogP contribution in [0, 0.1) is 0 Å². The lowest BCUT2D eigenvalue weighted by atomic mass is 10.2. The third kappa shape index (κ3) is 7.49. The van der Waals surface area contributed by atoms with Crippen molar-refractivity contribution in [2.24, 2.45) is 5.10 Å². The Hall–Kier alpha value is -4.33. The number of aliphatic carboxylic acids is 1. The number of carboxylic acids is 1. The van der Waals surface area contributed by atoms with E-state index in [1.165, 1.54) is 6.21 Å². The number of carboxylic acid groups (broad SMARTS) is 1. The molecular formula is C24H22N2O6. The molecule has 8 nitrogen and oxygen atoms in total. The van der Waals surface area contributed by atoms with Crippen LogP contribution in [0.2, 0.25) is 0 Å². The molecule has 0 aromatic heterocycles. The monoisotopic (exact) mass is 434 g/mol. The highest BCUT2D eigenvalue weighted by Crippen LogP contribution is 2.19. The number of hydrazone groups is 1. The Morgan fingerprint density at radius 2 is 1.47 bits per heavy atom. The number of nitrogens with zero attached hydrogens (tertiary/aromatic N) is 1. The summed E-state index contributed by atoms with van der Waals surface area (Å²) in [5, 5.41) is 12.6. The molecule has 0 spiro atoms. The fourth-order valence-corrected chi connectivity index (χ4v) is 2.59. The van der Waals surface area contributed by atoms with Crippen LogP contribution in [0.25, 0.3) is 0 Å². The Labute approximate surface area is 185 Å². The second kappa shape index (κ2) is 11.8. The summed E-state index contributed by atoms with van der Waals surface area (Å²) in [6.07, 6.45) is 1.37. The molecule has 0 unspecified atom stereocenters. The first kappa shape index (κ1) is 22.4. The highest BCUT2D eigenvalue weighted by atomic mass is 16.5. The van der Waals surface area contributed by atoms with Crippen molar-refractivity contribution in [3.63, 3.8) is 0 Å². The van der Waals surface area contributed by atoms with Crippen molar-refractivity contribution < 1.29 is 28.9 Å². The van der Waals surface area contributed by atoms with E-state index in [4.69, 9.17) is 19.3 Å². The minimum atomic E-state index is -1.09. The predicted molar refractivity (Wildman–Crippen MR) is 118 cm³/mol. The molecule has 164 valence electrons. The lowest BCUT2D eigenvalue weighted by Gasteiger charge is -2.08. The summed E-state index contributed by atoms with van der Waals surface area (Å²) in [6.45, 7) is -0.230. The number of ether oxygens (including phenoxy) is 3. The zero-order valence-corrected chi connectivity index (χ0v) is 17.1. The van der Waals surface area contributed by atoms with Gasteiger partial charge in [-0.05, 0) is 42.0 Å². The van der Waals surface area contributed by atoms with Crippen molar-refractivity contribution in [2.75, 3.05) is 13.2 Å². The van der Waals surface area contributed by atoms with Gasteiger partial charge in [0.15, 0.2) is 13.2 Å². The van der Waals surface area contributed by atoms with Crippen molar-refractivity contribution in [1.29, 1.82) is 0 Å². The van der Waals surface area contributed by atoms with Crippen LogP contribution < -0.4 is 19.6 Å². The van der Waals surface area contributed by atoms with Crippen LogP contribution in [0.3, 0.4) is 0 Å². The zero-order valence-electron chi connectivity index (χ0n) is 17.1. The van der Waals surface area contributed by atoms with Crippen LogP contribution in [-0.2, 0) is 16.2 Å². The molecule has 0 atom stereocenters. The lowest BCUT2D eigenvalue weighted by molar-refractivity contribution is -0.139. The number of amides is 1. The van der Waals surface area contributed by atoms with Crippen molar-refractivity contribution in [2.45, 2.75) is 6.61 Å². The number of para-hydroxylation sites is 1. The number of hydrogen-bond donors (Lipinski definition) is 2. The zero-order chi connectivity index (χ0) is 22.6. The number of nitrogens with one attached hydrogen (secondary N) is 1. The van der Waals surface area contributed by atoms with Gasteiger partial charge in [-0.15, -0.1) is 0 Å². The molecule has 0 radical (unpaired) electrons. The van der Waals surface area contributed by atoms with E-state index in [0.717, 1.165) is 5.56 Å². The molecule has 0 aliphatic rings. The molecule has 0 saturated carbocycles. The Morgan fingerprint density at radius 1 is 0.812 bits per heavy atom. The van der Waals surface area contributed by atoms with Crippen molar-refractivity contribution in [3.05, 3.63) is 90.0 Å². The topological polar surface area (TPSA) is 106 Å². The van der Waals surface area contributed by atoms with E-state index in [0.29, 0.717) is 29.4 Å². The van der Waals surface area contributed by atoms with Gasteiger partial charge in [-0.1, -0.05) is 42.5 Å². The molecule has 0 aliphatic heterocycles. The molecule has 2 N–H and O–H groups in total. The summed E-state index contributed by atoms with van der Waals surface area (Å²) in [4.78, 5) is 22.6. The summed E-state index contributed by atoms with van der Waals surface area (Å²) in [5.41, 5.74) is 3.95. The van der Waals surface area contributed by atoms with E-state index < -0.39 is 18.5 Å². The van der Waals surface area contributed by atoms with Crippen LogP contribution in [0.5, 0.6) is 17.2 Å². The Bertz CT molecular complexity index is 1050. The minimum Gasteiger partial charge on any atom is -0.489 e. The van der Waals surface area contributed by atoms with E-state index in [1.54, 1.807) is 48.5 Å². The van der Waals surface area contributed by atoms with Crippen LogP contribution in [0.1, 0.15) is 11.1 Å². The molecule has 3 aromatic rings. The number of rotatable bonds is 11. The van der Waals surface area contributed by atoms with Gasteiger partial charge in [0.1, 0.15) is 23.9 Å². The normalized spacial score (nSPS) is 10.5. The summed E-state index contributed by atoms with van der Waals surface area (Å²) in [6, 6.07) is 23.5. The number of benzene rings is 3. The third-order valence-corrected chi connectivity index (χ3v) is 4.11. The molecule has 0 aliphatic carbocycles. The van der Waals surface area contributed by atoms with E-state index >= 15 is 0 Å². The molecule has 0 bridgehead atoms. The molecule has 32 heavy (non-hydrogen) atoms. The Morgan fingerprint density at radius 3 is 2.19 bits per heavy atom. The molecule has 0 heterocycles. The Balaban J connectivity index is 1.42. The van der Waals surface area contributed by atoms with Gasteiger partial charge in [0.25, 0.3) is 5.91 Å². The van der Waals surface area contributed by atoms with E-state index in [9.17, 15) is 9.59 Å². The van der Waals surface area contributed by atoms with Crippen LogP contribution in [-0.4, -0.2) is 36.4 Å². The Kier molecular flexibility index (Phi) is 8.21. The highest BCUT2D eigenvalue weighted by molar-refractivity contribution is 5.85. The minimum absolute atomic E-state index is 0.223. The summed E-state index contributed by atoms with van der Waals surface area (Å²) in [5.74, 6) is 0.0222. The van der Waals surface area contributed by atoms with Gasteiger partial charge in [0.2, 0.25) is 0 Å². The quantitative estimate of drug-likeness (QED) is 0.354. The maximum absolute atomic E-state index is 11.9. The first-order chi connectivity index (χ1) is 15.6. The van der Waals surface area contributed by atoms with Gasteiger partial charge in [-0.3, -0.25) is 4.79 Å². The summed E-state index contributed by atoms with van der Waals surface area (Å²) in [7, 11) is 0. The second-order valence-electron chi connectivity index (χ2n) is 6.55. The molecule has 8 heteroatoms. The van der Waals surface area contributed by atoms with Gasteiger partial charge in [0, 0.05) is 5.56 Å². The predicted octanol–water partition coefficient (Wildman–Crippen LogP) is 3.26. The van der Waals surface area contributed by atoms with Gasteiger partial charge in [-0.2, -0.15) is 5.10 Å². The summed E-state index contributed by atoms with van der Waals surface area (Å²) < 4.78 is 16.3. The van der Waals surface area contributed by atoms with Crippen LogP contribution in [0.4, 0.5) is 0 Å². The average Bonchev–Trinajstić information content (AvgIpc) is 2.82. The smallest absolute Gasteiger partial charge is 0.341 e. The number of carbonyl (C=O) groups is 2. The standard InChI is InChI=1S/C24H22N2O6/c27-23(26-25-14-19-8-4-5-9-22(19)32-17-24(28)29)16-31-21-12-10-20(11-13-21)30-15-18-6-2-1-3-7-18/h1-14H,15-17H2,(H,26,27)(H,28,29)/b25-14+. The van der Waals surface area contributed by atoms with Gasteiger partial charge >= 0.3 is 5.97 Å². The summed E-state index contributed by atoms with van der Waals surface area (Å²) >= 11 is 0. The molecule has 3 rings (SSSR count). The maximum Gasteiger partial charge on any atom is 0.341 e. The van der Waals surface area contributed by atoms with Crippen LogP contribution >= 0.6 is 0 Å². The fraction of sp³-hybridized carbons (Fsp3) is 0.125. The second-order valence-corrected chi connectivity index (χ2v) is 6.55. The fourth-order valence-electron chi connectivity index (χ4n) is 2.59. The van der Waals surface area contributed by atoms with E-state index in [2.05, 4.69) is 10.5 Å². The van der Waals surface area contributed by atoms with E-state index in [-0.39, 0.29) is 6.61 Å². The largest absolute Gasteiger partial charge is 0.489 e. The average molecular weight is 434 g/mol. The first-order valence-corrected chi connectivity index (χ1v) is 9.75. The molecule has 0 fully saturated rings. The maximum atomic E-state index is 11.9. The number of carbonyl (C=O) groups excluding carboxylic acids is 1. The first-order valence-electron chi connectivity index (χ1n) is 9.75. The third-order valence-electron chi connectivity index (χ3n) is 4.11. The van der Waals surface area contributed by atoms with Crippen LogP contribution in [0.15, 0.2) is 84.0 Å². The van der Waals surface area contributed by atoms with Crippen molar-refractivity contribution in [1.82, 2.24) is 5.43 Å². The van der Waals surface area contributed by atoms with Crippen molar-refractivity contribution in [3.8, 4) is 17.2 Å². The highest BCUT2D eigenvalue weighted by Gasteiger charge is 2.05. The van der Waals surface area contributed by atoms with Crippen molar-refractivity contribution >= 4 is 18.1 Å². The molecule has 1 amide bonds. The van der Waals surface area contributed by atoms with Gasteiger partial charge in [-0.25, -0.2) is 10.2 Å². The van der Waals surface area contributed by atoms with E-state index in [1.807, 2.05) is 30.3 Å². The number of hydrogen-bond acceptors (Lipinski definition) is 6. The molecular weight excluding hydrogens is 412 g/mol. The SMILES string of the molecule is O=C(O)COc1ccccc1/C=N/NC(=O)COc1ccc(OCc2ccccc2)cc1. The molecule has 3 aromatic carbocycles. The lowest BCUT2D eigenvalue weighted by Crippen LogP contribution is -2.24.